The van der Waals surface area contributed by atoms with Crippen LogP contribution >= 0.6 is 15.9 Å². The van der Waals surface area contributed by atoms with E-state index in [9.17, 15) is 4.79 Å². The summed E-state index contributed by atoms with van der Waals surface area (Å²) < 4.78 is 2.70. The second-order valence-electron chi connectivity index (χ2n) is 4.64. The van der Waals surface area contributed by atoms with E-state index in [1.165, 1.54) is 0 Å². The highest BCUT2D eigenvalue weighted by atomic mass is 79.9. The average Bonchev–Trinajstić information content (AvgIpc) is 2.64. The SMILES string of the molecule is Cc1cc(Br)cc(C)c1NC(=O)c1cnn(C)c1C. The van der Waals surface area contributed by atoms with Crippen LogP contribution in [-0.4, -0.2) is 15.7 Å². The van der Waals surface area contributed by atoms with Crippen molar-refractivity contribution in [3.05, 3.63) is 45.2 Å². The predicted octanol–water partition coefficient (Wildman–Crippen LogP) is 3.36. The van der Waals surface area contributed by atoms with E-state index >= 15 is 0 Å². The maximum atomic E-state index is 12.3. The molecule has 1 aromatic carbocycles. The molecule has 0 bridgehead atoms. The van der Waals surface area contributed by atoms with Crippen molar-refractivity contribution in [2.75, 3.05) is 5.32 Å². The number of anilines is 1. The average molecular weight is 322 g/mol. The molecular weight excluding hydrogens is 306 g/mol. The Hall–Kier alpha value is -1.62. The highest BCUT2D eigenvalue weighted by Crippen LogP contribution is 2.25. The van der Waals surface area contributed by atoms with Gasteiger partial charge in [0.2, 0.25) is 0 Å². The summed E-state index contributed by atoms with van der Waals surface area (Å²) in [7, 11) is 1.82. The minimum absolute atomic E-state index is 0.126. The molecule has 2 rings (SSSR count). The van der Waals surface area contributed by atoms with Crippen LogP contribution in [0, 0.1) is 20.8 Å². The molecule has 0 aliphatic heterocycles. The number of carbonyl (C=O) groups is 1. The number of rotatable bonds is 2. The van der Waals surface area contributed by atoms with Gasteiger partial charge in [-0.1, -0.05) is 15.9 Å². The number of halogens is 1. The number of nitrogens with zero attached hydrogens (tertiary/aromatic N) is 2. The first kappa shape index (κ1) is 13.8. The standard InChI is InChI=1S/C14H16BrN3O/c1-8-5-11(15)6-9(2)13(8)17-14(19)12-7-16-18(4)10(12)3/h5-7H,1-4H3,(H,17,19). The lowest BCUT2D eigenvalue weighted by molar-refractivity contribution is 0.102. The lowest BCUT2D eigenvalue weighted by Crippen LogP contribution is -2.14. The Labute approximate surface area is 120 Å². The molecule has 0 unspecified atom stereocenters. The Kier molecular flexibility index (Phi) is 3.75. The van der Waals surface area contributed by atoms with Crippen LogP contribution in [-0.2, 0) is 7.05 Å². The maximum absolute atomic E-state index is 12.3. The Bertz CT molecular complexity index is 623. The third-order valence-electron chi connectivity index (χ3n) is 3.22. The molecular formula is C14H16BrN3O. The van der Waals surface area contributed by atoms with Crippen molar-refractivity contribution in [1.82, 2.24) is 9.78 Å². The van der Waals surface area contributed by atoms with Crippen LogP contribution in [0.4, 0.5) is 5.69 Å². The van der Waals surface area contributed by atoms with Gasteiger partial charge < -0.3 is 5.32 Å². The lowest BCUT2D eigenvalue weighted by atomic mass is 10.1. The number of benzene rings is 1. The molecule has 0 saturated heterocycles. The van der Waals surface area contributed by atoms with E-state index in [1.54, 1.807) is 10.9 Å². The molecule has 1 aromatic heterocycles. The quantitative estimate of drug-likeness (QED) is 0.921. The smallest absolute Gasteiger partial charge is 0.259 e. The molecule has 0 spiro atoms. The van der Waals surface area contributed by atoms with E-state index in [4.69, 9.17) is 0 Å². The minimum atomic E-state index is -0.126. The maximum Gasteiger partial charge on any atom is 0.259 e. The Morgan fingerprint density at radius 2 is 1.84 bits per heavy atom. The van der Waals surface area contributed by atoms with Gasteiger partial charge in [0.05, 0.1) is 11.8 Å². The molecule has 1 amide bonds. The first-order valence-corrected chi connectivity index (χ1v) is 6.76. The normalized spacial score (nSPS) is 10.6. The monoisotopic (exact) mass is 321 g/mol. The Balaban J connectivity index is 2.32. The summed E-state index contributed by atoms with van der Waals surface area (Å²) in [6.45, 7) is 5.83. The predicted molar refractivity (Wildman–Crippen MR) is 79.5 cm³/mol. The zero-order valence-electron chi connectivity index (χ0n) is 11.4. The zero-order chi connectivity index (χ0) is 14.2. The highest BCUT2D eigenvalue weighted by Gasteiger charge is 2.15. The number of aromatic nitrogens is 2. The number of carbonyl (C=O) groups excluding carboxylic acids is 1. The third kappa shape index (κ3) is 2.71. The van der Waals surface area contributed by atoms with Crippen molar-refractivity contribution in [3.63, 3.8) is 0 Å². The van der Waals surface area contributed by atoms with Crippen molar-refractivity contribution in [3.8, 4) is 0 Å². The first-order valence-electron chi connectivity index (χ1n) is 5.97. The van der Waals surface area contributed by atoms with Crippen molar-refractivity contribution in [2.45, 2.75) is 20.8 Å². The van der Waals surface area contributed by atoms with Crippen LogP contribution in [0.2, 0.25) is 0 Å². The molecule has 5 heteroatoms. The number of aryl methyl sites for hydroxylation is 3. The zero-order valence-corrected chi connectivity index (χ0v) is 13.0. The molecule has 0 saturated carbocycles. The van der Waals surface area contributed by atoms with Gasteiger partial charge in [-0.25, -0.2) is 0 Å². The number of amides is 1. The summed E-state index contributed by atoms with van der Waals surface area (Å²) >= 11 is 3.45. The van der Waals surface area contributed by atoms with Crippen LogP contribution in [0.15, 0.2) is 22.8 Å². The van der Waals surface area contributed by atoms with Crippen LogP contribution in [0.25, 0.3) is 0 Å². The van der Waals surface area contributed by atoms with Gasteiger partial charge in [0.15, 0.2) is 0 Å². The molecule has 0 aliphatic carbocycles. The van der Waals surface area contributed by atoms with Gasteiger partial charge in [-0.3, -0.25) is 9.48 Å². The van der Waals surface area contributed by atoms with Gasteiger partial charge in [-0.15, -0.1) is 0 Å². The van der Waals surface area contributed by atoms with Gasteiger partial charge in [-0.2, -0.15) is 5.10 Å². The molecule has 0 fully saturated rings. The molecule has 4 nitrogen and oxygen atoms in total. The van der Waals surface area contributed by atoms with Crippen LogP contribution in [0.3, 0.4) is 0 Å². The van der Waals surface area contributed by atoms with Gasteiger partial charge in [-0.05, 0) is 44.0 Å². The molecule has 1 N–H and O–H groups in total. The fraction of sp³-hybridized carbons (Fsp3) is 0.286. The summed E-state index contributed by atoms with van der Waals surface area (Å²) in [4.78, 5) is 12.3. The topological polar surface area (TPSA) is 46.9 Å². The van der Waals surface area contributed by atoms with Crippen molar-refractivity contribution < 1.29 is 4.79 Å². The van der Waals surface area contributed by atoms with Crippen LogP contribution < -0.4 is 5.32 Å². The van der Waals surface area contributed by atoms with Gasteiger partial charge in [0.1, 0.15) is 0 Å². The number of nitrogens with one attached hydrogen (secondary N) is 1. The van der Waals surface area contributed by atoms with E-state index in [-0.39, 0.29) is 5.91 Å². The van der Waals surface area contributed by atoms with Crippen molar-refractivity contribution in [1.29, 1.82) is 0 Å². The molecule has 0 aliphatic rings. The van der Waals surface area contributed by atoms with E-state index < -0.39 is 0 Å². The number of hydrogen-bond donors (Lipinski definition) is 1. The van der Waals surface area contributed by atoms with Crippen molar-refractivity contribution in [2.24, 2.45) is 7.05 Å². The summed E-state index contributed by atoms with van der Waals surface area (Å²) in [6, 6.07) is 3.97. The summed E-state index contributed by atoms with van der Waals surface area (Å²) in [5.74, 6) is -0.126. The minimum Gasteiger partial charge on any atom is -0.321 e. The lowest BCUT2D eigenvalue weighted by Gasteiger charge is -2.12. The molecule has 0 radical (unpaired) electrons. The largest absolute Gasteiger partial charge is 0.321 e. The first-order chi connectivity index (χ1) is 8.90. The van der Waals surface area contributed by atoms with E-state index in [2.05, 4.69) is 26.3 Å². The summed E-state index contributed by atoms with van der Waals surface area (Å²) in [5.41, 5.74) is 4.37. The Morgan fingerprint density at radius 1 is 1.26 bits per heavy atom. The van der Waals surface area contributed by atoms with Gasteiger partial charge >= 0.3 is 0 Å². The second kappa shape index (κ2) is 5.17. The second-order valence-corrected chi connectivity index (χ2v) is 5.55. The van der Waals surface area contributed by atoms with E-state index in [1.807, 2.05) is 40.0 Å². The van der Waals surface area contributed by atoms with E-state index in [0.717, 1.165) is 27.0 Å². The molecule has 100 valence electrons. The molecule has 0 atom stereocenters. The van der Waals surface area contributed by atoms with Gasteiger partial charge in [0, 0.05) is 22.9 Å². The van der Waals surface area contributed by atoms with E-state index in [0.29, 0.717) is 5.56 Å². The van der Waals surface area contributed by atoms with Gasteiger partial charge in [0.25, 0.3) is 5.91 Å². The Morgan fingerprint density at radius 3 is 2.32 bits per heavy atom. The molecule has 2 aromatic rings. The van der Waals surface area contributed by atoms with Crippen LogP contribution in [0.5, 0.6) is 0 Å². The van der Waals surface area contributed by atoms with Crippen LogP contribution in [0.1, 0.15) is 27.2 Å². The molecule has 1 heterocycles. The molecule has 19 heavy (non-hydrogen) atoms. The fourth-order valence-electron chi connectivity index (χ4n) is 2.01. The highest BCUT2D eigenvalue weighted by molar-refractivity contribution is 9.10. The number of hydrogen-bond acceptors (Lipinski definition) is 2. The van der Waals surface area contributed by atoms with Crippen molar-refractivity contribution >= 4 is 27.5 Å². The summed E-state index contributed by atoms with van der Waals surface area (Å²) in [6.07, 6.45) is 1.59. The fourth-order valence-corrected chi connectivity index (χ4v) is 2.70. The third-order valence-corrected chi connectivity index (χ3v) is 3.67. The summed E-state index contributed by atoms with van der Waals surface area (Å²) in [5, 5.41) is 7.05.